The second-order valence-electron chi connectivity index (χ2n) is 18.2. The Morgan fingerprint density at radius 3 is 2.49 bits per heavy atom. The number of H-pyrrole nitrogens is 1. The highest BCUT2D eigenvalue weighted by atomic mass is 16.6. The smallest absolute Gasteiger partial charge is 0.328 e. The number of carbonyl (C=O) groups excluding carboxylic acids is 3. The van der Waals surface area contributed by atoms with Crippen molar-refractivity contribution >= 4 is 28.7 Å². The number of aromatic amines is 1. The number of para-hydroxylation sites is 1. The molecule has 264 valence electrons. The maximum Gasteiger partial charge on any atom is 0.328 e. The highest BCUT2D eigenvalue weighted by Crippen LogP contribution is 2.78. The van der Waals surface area contributed by atoms with Crippen LogP contribution in [-0.2, 0) is 30.3 Å². The molecule has 5 aliphatic carbocycles. The molecule has 7 heteroatoms. The number of nitrogens with one attached hydrogen (secondary N) is 2. The van der Waals surface area contributed by atoms with E-state index in [4.69, 9.17) is 9.47 Å². The van der Waals surface area contributed by atoms with Crippen molar-refractivity contribution in [3.63, 3.8) is 0 Å². The number of ether oxygens (including phenoxy) is 2. The van der Waals surface area contributed by atoms with Gasteiger partial charge in [-0.15, -0.1) is 0 Å². The maximum absolute atomic E-state index is 14.9. The number of esters is 2. The lowest BCUT2D eigenvalue weighted by Crippen LogP contribution is -2.71. The lowest BCUT2D eigenvalue weighted by molar-refractivity contribution is -0.279. The predicted octanol–water partition coefficient (Wildman–Crippen LogP) is 7.93. The molecule has 0 unspecified atom stereocenters. The Bertz CT molecular complexity index is 1730. The Morgan fingerprint density at radius 2 is 1.76 bits per heavy atom. The first-order valence-electron chi connectivity index (χ1n) is 19.0. The molecule has 1 amide bonds. The minimum atomic E-state index is -0.762. The Kier molecular flexibility index (Phi) is 7.39. The summed E-state index contributed by atoms with van der Waals surface area (Å²) in [6, 6.07) is 7.31. The molecule has 6 aliphatic rings. The third kappa shape index (κ3) is 4.22. The molecule has 1 aromatic heterocycles. The summed E-state index contributed by atoms with van der Waals surface area (Å²) in [7, 11) is 1.41. The van der Waals surface area contributed by atoms with Crippen LogP contribution in [0.2, 0.25) is 0 Å². The number of carbonyl (C=O) groups is 3. The summed E-state index contributed by atoms with van der Waals surface area (Å²) in [5.74, 6) is 1.42. The number of aromatic nitrogens is 1. The summed E-state index contributed by atoms with van der Waals surface area (Å²) < 4.78 is 11.0. The first kappa shape index (κ1) is 33.1. The molecule has 1 saturated heterocycles. The summed E-state index contributed by atoms with van der Waals surface area (Å²) in [6.07, 6.45) is 12.6. The van der Waals surface area contributed by atoms with Crippen LogP contribution in [0.25, 0.3) is 10.9 Å². The van der Waals surface area contributed by atoms with Gasteiger partial charge in [-0.2, -0.15) is 0 Å². The average molecular weight is 669 g/mol. The van der Waals surface area contributed by atoms with Crippen molar-refractivity contribution in [1.29, 1.82) is 0 Å². The summed E-state index contributed by atoms with van der Waals surface area (Å²) in [5, 5.41) is 4.36. The molecule has 6 fully saturated rings. The Morgan fingerprint density at radius 1 is 0.980 bits per heavy atom. The molecule has 2 aromatic rings. The molecule has 0 bridgehead atoms. The van der Waals surface area contributed by atoms with Crippen molar-refractivity contribution in [3.8, 4) is 0 Å². The molecule has 8 rings (SSSR count). The largest absolute Gasteiger partial charge is 0.467 e. The van der Waals surface area contributed by atoms with Crippen LogP contribution in [0.4, 0.5) is 0 Å². The Balaban J connectivity index is 1.11. The molecular formula is C42H56N2O5. The van der Waals surface area contributed by atoms with E-state index in [-0.39, 0.29) is 51.5 Å². The van der Waals surface area contributed by atoms with E-state index >= 15 is 0 Å². The van der Waals surface area contributed by atoms with Gasteiger partial charge in [-0.3, -0.25) is 9.59 Å². The van der Waals surface area contributed by atoms with Gasteiger partial charge in [0.25, 0.3) is 0 Å². The van der Waals surface area contributed by atoms with E-state index in [0.29, 0.717) is 24.2 Å². The average Bonchev–Trinajstić information content (AvgIpc) is 3.68. The van der Waals surface area contributed by atoms with Gasteiger partial charge >= 0.3 is 11.9 Å². The lowest BCUT2D eigenvalue weighted by Gasteiger charge is -2.73. The summed E-state index contributed by atoms with van der Waals surface area (Å²) >= 11 is 0. The van der Waals surface area contributed by atoms with Gasteiger partial charge in [0.2, 0.25) is 5.91 Å². The van der Waals surface area contributed by atoms with E-state index in [2.05, 4.69) is 57.6 Å². The molecule has 0 spiro atoms. The predicted molar refractivity (Wildman–Crippen MR) is 189 cm³/mol. The molecule has 2 heterocycles. The fourth-order valence-corrected chi connectivity index (χ4v) is 14.0. The quantitative estimate of drug-likeness (QED) is 0.241. The third-order valence-corrected chi connectivity index (χ3v) is 16.7. The molecular weight excluding hydrogens is 612 g/mol. The molecule has 2 N–H and O–H groups in total. The van der Waals surface area contributed by atoms with Crippen LogP contribution in [0.15, 0.2) is 42.6 Å². The molecule has 7 nitrogen and oxygen atoms in total. The highest BCUT2D eigenvalue weighted by Gasteiger charge is 2.75. The first-order chi connectivity index (χ1) is 23.2. The van der Waals surface area contributed by atoms with Crippen molar-refractivity contribution in [3.05, 3.63) is 48.2 Å². The van der Waals surface area contributed by atoms with Crippen molar-refractivity contribution < 1.29 is 23.9 Å². The summed E-state index contributed by atoms with van der Waals surface area (Å²) in [5.41, 5.74) is 2.61. The van der Waals surface area contributed by atoms with Gasteiger partial charge in [-0.05, 0) is 136 Å². The maximum atomic E-state index is 14.9. The zero-order chi connectivity index (χ0) is 34.7. The lowest BCUT2D eigenvalue weighted by atomic mass is 9.32. The van der Waals surface area contributed by atoms with E-state index in [0.717, 1.165) is 80.7 Å². The Hall–Kier alpha value is -3.09. The number of hydrogen-bond donors (Lipinski definition) is 2. The number of allylic oxidation sites excluding steroid dienone is 1. The van der Waals surface area contributed by atoms with E-state index in [1.165, 1.54) is 12.7 Å². The number of benzene rings is 1. The monoisotopic (exact) mass is 668 g/mol. The zero-order valence-electron chi connectivity index (χ0n) is 30.5. The Labute approximate surface area is 291 Å². The van der Waals surface area contributed by atoms with Gasteiger partial charge in [0.05, 0.1) is 12.5 Å². The number of methoxy groups -OCH3 is 1. The van der Waals surface area contributed by atoms with Crippen molar-refractivity contribution in [2.75, 3.05) is 7.11 Å². The fraction of sp³-hybridized carbons (Fsp3) is 0.690. The topological polar surface area (TPSA) is 97.5 Å². The van der Waals surface area contributed by atoms with Gasteiger partial charge in [0.15, 0.2) is 0 Å². The van der Waals surface area contributed by atoms with Crippen LogP contribution < -0.4 is 5.32 Å². The minimum absolute atomic E-state index is 0.0237. The van der Waals surface area contributed by atoms with E-state index in [1.54, 1.807) is 0 Å². The number of amides is 1. The van der Waals surface area contributed by atoms with Gasteiger partial charge in [0.1, 0.15) is 17.6 Å². The van der Waals surface area contributed by atoms with Crippen molar-refractivity contribution in [2.45, 2.75) is 117 Å². The standard InChI is InChI=1S/C42H56N2O5/c1-24(2)26-14-19-42(36(46)44-30(35(45)48-7)22-25-23-43-29-11-9-8-10-27(25)29)21-20-39(4)28(34(26)42)12-13-31-38(3)17-16-33-41(6,37(47)49-33)32(38)15-18-40(31,39)5/h8-11,23,26,28,30-34,43H,1,12-22H2,2-7H3,(H,44,46)/t26-,28+,30-,31+,32+,33+,34+,38+,39+,40+,41-,42-/m0/s1. The van der Waals surface area contributed by atoms with Crippen molar-refractivity contribution in [1.82, 2.24) is 10.3 Å². The molecule has 0 radical (unpaired) electrons. The molecule has 1 aromatic carbocycles. The number of hydrogen-bond acceptors (Lipinski definition) is 5. The van der Waals surface area contributed by atoms with E-state index in [1.807, 2.05) is 24.4 Å². The first-order valence-corrected chi connectivity index (χ1v) is 19.0. The number of fused-ring (bicyclic) bond motifs is 10. The van der Waals surface area contributed by atoms with Crippen LogP contribution in [0, 0.1) is 56.7 Å². The molecule has 49 heavy (non-hydrogen) atoms. The van der Waals surface area contributed by atoms with Crippen molar-refractivity contribution in [2.24, 2.45) is 56.7 Å². The van der Waals surface area contributed by atoms with E-state index in [9.17, 15) is 14.4 Å². The van der Waals surface area contributed by atoms with Crippen LogP contribution >= 0.6 is 0 Å². The van der Waals surface area contributed by atoms with Crippen LogP contribution in [-0.4, -0.2) is 42.1 Å². The van der Waals surface area contributed by atoms with Crippen LogP contribution in [0.5, 0.6) is 0 Å². The van der Waals surface area contributed by atoms with Gasteiger partial charge in [0, 0.05) is 23.5 Å². The van der Waals surface area contributed by atoms with Gasteiger partial charge < -0.3 is 19.8 Å². The minimum Gasteiger partial charge on any atom is -0.467 e. The second kappa shape index (κ2) is 11.0. The normalized spacial score (nSPS) is 44.2. The third-order valence-electron chi connectivity index (χ3n) is 16.7. The number of rotatable bonds is 6. The van der Waals surface area contributed by atoms with E-state index < -0.39 is 17.4 Å². The summed E-state index contributed by atoms with van der Waals surface area (Å²) in [4.78, 5) is 44.5. The SMILES string of the molecule is C=C(C)[C@@H]1CC[C@]2(C(=O)N[C@@H](Cc3c[nH]c4ccccc34)C(=O)OC)CC[C@]3(C)[C@H](CC[C@@H]4[C@@]5(C)CC[C@H]6OC(=O)[C@@]6(C)[C@@H]5CC[C@]43C)[C@@H]12. The fourth-order valence-electron chi connectivity index (χ4n) is 14.0. The molecule has 1 aliphatic heterocycles. The molecule has 12 atom stereocenters. The summed E-state index contributed by atoms with van der Waals surface area (Å²) in [6.45, 7) is 16.5. The molecule has 5 saturated carbocycles. The van der Waals surface area contributed by atoms with Crippen LogP contribution in [0.1, 0.15) is 104 Å². The van der Waals surface area contributed by atoms with Gasteiger partial charge in [-0.1, -0.05) is 51.1 Å². The van der Waals surface area contributed by atoms with Crippen LogP contribution in [0.3, 0.4) is 0 Å². The second-order valence-corrected chi connectivity index (χ2v) is 18.2. The zero-order valence-corrected chi connectivity index (χ0v) is 30.5. The van der Waals surface area contributed by atoms with Gasteiger partial charge in [-0.25, -0.2) is 4.79 Å². The highest BCUT2D eigenvalue weighted by molar-refractivity contribution is 5.90.